The molecule has 152 valence electrons. The first kappa shape index (κ1) is 20.3. The molecule has 8 nitrogen and oxygen atoms in total. The van der Waals surface area contributed by atoms with E-state index in [2.05, 4.69) is 22.4 Å². The molecule has 8 heteroatoms. The zero-order chi connectivity index (χ0) is 20.8. The summed E-state index contributed by atoms with van der Waals surface area (Å²) in [5, 5.41) is 4.04. The highest BCUT2D eigenvalue weighted by Gasteiger charge is 2.30. The normalized spacial score (nSPS) is 15.4. The Bertz CT molecular complexity index is 916. The van der Waals surface area contributed by atoms with Crippen LogP contribution >= 0.6 is 0 Å². The highest BCUT2D eigenvalue weighted by Crippen LogP contribution is 2.38. The largest absolute Gasteiger partial charge is 0.493 e. The van der Waals surface area contributed by atoms with Gasteiger partial charge in [-0.15, -0.1) is 0 Å². The number of hydrogen-bond donors (Lipinski definition) is 0. The first-order valence-electron chi connectivity index (χ1n) is 9.16. The average molecular weight is 398 g/mol. The van der Waals surface area contributed by atoms with E-state index in [9.17, 15) is 4.79 Å². The van der Waals surface area contributed by atoms with Crippen molar-refractivity contribution in [3.63, 3.8) is 0 Å². The van der Waals surface area contributed by atoms with Gasteiger partial charge in [0.2, 0.25) is 5.75 Å². The van der Waals surface area contributed by atoms with Crippen LogP contribution in [0.2, 0.25) is 0 Å². The minimum Gasteiger partial charge on any atom is -0.493 e. The summed E-state index contributed by atoms with van der Waals surface area (Å²) in [6.07, 6.45) is 0.807. The van der Waals surface area contributed by atoms with Crippen molar-refractivity contribution in [2.75, 3.05) is 27.9 Å². The van der Waals surface area contributed by atoms with Gasteiger partial charge < -0.3 is 14.2 Å². The van der Waals surface area contributed by atoms with Crippen LogP contribution in [0.15, 0.2) is 52.7 Å². The van der Waals surface area contributed by atoms with Gasteiger partial charge >= 0.3 is 5.90 Å². The predicted octanol–water partition coefficient (Wildman–Crippen LogP) is 3.29. The predicted molar refractivity (Wildman–Crippen MR) is 106 cm³/mol. The number of ether oxygens (including phenoxy) is 3. The molecule has 1 aliphatic rings. The standard InChI is InChI=1S/C21H24N3O5/c1-14(10-15-8-6-5-7-9-15)24-13-19(29-23-24)22-21(25)16-11-17(26-2)20(28-4)18(12-16)27-3/h5-9,11-12,14H,10,13H2,1-4H3/q+1. The molecule has 0 fully saturated rings. The van der Waals surface area contributed by atoms with Crippen molar-refractivity contribution in [3.05, 3.63) is 53.6 Å². The van der Waals surface area contributed by atoms with Crippen molar-refractivity contribution in [1.82, 2.24) is 0 Å². The van der Waals surface area contributed by atoms with Gasteiger partial charge in [-0.05, 0) is 17.7 Å². The topological polar surface area (TPSA) is 81.7 Å². The third-order valence-electron chi connectivity index (χ3n) is 4.57. The number of carbonyl (C=O) groups excluding carboxylic acids is 1. The second-order valence-corrected chi connectivity index (χ2v) is 6.53. The molecule has 1 unspecified atom stereocenters. The van der Waals surface area contributed by atoms with E-state index >= 15 is 0 Å². The van der Waals surface area contributed by atoms with Crippen LogP contribution in [-0.4, -0.2) is 50.4 Å². The summed E-state index contributed by atoms with van der Waals surface area (Å²) in [5.74, 6) is 0.930. The highest BCUT2D eigenvalue weighted by molar-refractivity contribution is 6.02. The van der Waals surface area contributed by atoms with Crippen LogP contribution in [0, 0.1) is 0 Å². The Labute approximate surface area is 169 Å². The Morgan fingerprint density at radius 1 is 1.14 bits per heavy atom. The lowest BCUT2D eigenvalue weighted by Crippen LogP contribution is -2.25. The number of benzene rings is 2. The molecule has 29 heavy (non-hydrogen) atoms. The maximum atomic E-state index is 12.6. The number of amides is 1. The molecule has 2 aromatic rings. The van der Waals surface area contributed by atoms with E-state index in [0.29, 0.717) is 29.4 Å². The SMILES string of the molecule is COc1cc(C(=O)N=C2C[N+](C(C)Cc3ccccc3)=NO2)cc(OC)c1OC. The quantitative estimate of drug-likeness (QED) is 0.669. The summed E-state index contributed by atoms with van der Waals surface area (Å²) in [5.41, 5.74) is 1.50. The lowest BCUT2D eigenvalue weighted by atomic mass is 10.1. The van der Waals surface area contributed by atoms with Crippen molar-refractivity contribution < 1.29 is 28.5 Å². The third kappa shape index (κ3) is 4.71. The van der Waals surface area contributed by atoms with Gasteiger partial charge in [0.15, 0.2) is 22.8 Å². The summed E-state index contributed by atoms with van der Waals surface area (Å²) in [7, 11) is 4.48. The monoisotopic (exact) mass is 398 g/mol. The summed E-state index contributed by atoms with van der Waals surface area (Å²) >= 11 is 0. The van der Waals surface area contributed by atoms with E-state index in [1.807, 2.05) is 25.1 Å². The Morgan fingerprint density at radius 3 is 2.38 bits per heavy atom. The van der Waals surface area contributed by atoms with Gasteiger partial charge in [0.1, 0.15) is 0 Å². The Kier molecular flexibility index (Phi) is 6.43. The fraction of sp³-hybridized carbons (Fsp3) is 0.333. The van der Waals surface area contributed by atoms with Crippen LogP contribution in [-0.2, 0) is 11.3 Å². The maximum Gasteiger partial charge on any atom is 0.302 e. The zero-order valence-electron chi connectivity index (χ0n) is 16.9. The molecule has 0 radical (unpaired) electrons. The molecule has 0 aliphatic carbocycles. The molecule has 1 amide bonds. The zero-order valence-corrected chi connectivity index (χ0v) is 16.9. The molecule has 3 rings (SSSR count). The number of methoxy groups -OCH3 is 3. The number of carbonyl (C=O) groups is 1. The summed E-state index contributed by atoms with van der Waals surface area (Å²) in [4.78, 5) is 22.0. The van der Waals surface area contributed by atoms with Crippen LogP contribution in [0.4, 0.5) is 0 Å². The fourth-order valence-corrected chi connectivity index (χ4v) is 3.03. The van der Waals surface area contributed by atoms with Gasteiger partial charge in [-0.25, -0.2) is 0 Å². The Morgan fingerprint density at radius 2 is 1.79 bits per heavy atom. The summed E-state index contributed by atoms with van der Waals surface area (Å²) in [6.45, 7) is 2.37. The van der Waals surface area contributed by atoms with E-state index in [-0.39, 0.29) is 11.9 Å². The molecule has 2 aromatic carbocycles. The first-order chi connectivity index (χ1) is 14.0. The number of aliphatic imine (C=N–C) groups is 1. The van der Waals surface area contributed by atoms with Crippen LogP contribution in [0.3, 0.4) is 0 Å². The van der Waals surface area contributed by atoms with E-state index < -0.39 is 5.91 Å². The number of rotatable bonds is 7. The third-order valence-corrected chi connectivity index (χ3v) is 4.57. The second-order valence-electron chi connectivity index (χ2n) is 6.53. The summed E-state index contributed by atoms with van der Waals surface area (Å²) in [6, 6.07) is 13.3. The molecule has 1 heterocycles. The Hall–Kier alpha value is -3.42. The molecular formula is C21H24N3O5+. The molecule has 1 atom stereocenters. The van der Waals surface area contributed by atoms with Gasteiger partial charge in [0, 0.05) is 18.9 Å². The molecule has 0 saturated carbocycles. The molecule has 0 saturated heterocycles. The van der Waals surface area contributed by atoms with Crippen LogP contribution in [0.1, 0.15) is 22.8 Å². The molecule has 1 aliphatic heterocycles. The smallest absolute Gasteiger partial charge is 0.302 e. The van der Waals surface area contributed by atoms with E-state index in [4.69, 9.17) is 19.0 Å². The van der Waals surface area contributed by atoms with Crippen molar-refractivity contribution in [2.45, 2.75) is 19.4 Å². The lowest BCUT2D eigenvalue weighted by Gasteiger charge is -2.12. The Balaban J connectivity index is 1.71. The van der Waals surface area contributed by atoms with Crippen LogP contribution in [0.5, 0.6) is 17.2 Å². The first-order valence-corrected chi connectivity index (χ1v) is 9.16. The van der Waals surface area contributed by atoms with Gasteiger partial charge in [0.25, 0.3) is 12.5 Å². The minimum absolute atomic E-state index is 0.0985. The number of hydrogen-bond acceptors (Lipinski definition) is 6. The lowest BCUT2D eigenvalue weighted by molar-refractivity contribution is -0.616. The van der Waals surface area contributed by atoms with Crippen molar-refractivity contribution in [2.24, 2.45) is 10.3 Å². The van der Waals surface area contributed by atoms with Gasteiger partial charge in [-0.2, -0.15) is 4.99 Å². The van der Waals surface area contributed by atoms with Crippen LogP contribution < -0.4 is 14.2 Å². The van der Waals surface area contributed by atoms with E-state index in [1.54, 1.807) is 16.8 Å². The van der Waals surface area contributed by atoms with Gasteiger partial charge in [-0.1, -0.05) is 35.0 Å². The van der Waals surface area contributed by atoms with E-state index in [1.165, 1.54) is 26.9 Å². The van der Waals surface area contributed by atoms with Gasteiger partial charge in [-0.3, -0.25) is 9.63 Å². The maximum absolute atomic E-state index is 12.6. The van der Waals surface area contributed by atoms with Gasteiger partial charge in [0.05, 0.1) is 21.3 Å². The molecule has 0 spiro atoms. The summed E-state index contributed by atoms with van der Waals surface area (Å²) < 4.78 is 17.6. The molecular weight excluding hydrogens is 374 g/mol. The molecule has 0 bridgehead atoms. The fourth-order valence-electron chi connectivity index (χ4n) is 3.03. The average Bonchev–Trinajstić information content (AvgIpc) is 3.21. The van der Waals surface area contributed by atoms with Crippen LogP contribution in [0.25, 0.3) is 0 Å². The number of nitrogens with zero attached hydrogens (tertiary/aromatic N) is 3. The molecule has 0 N–H and O–H groups in total. The van der Waals surface area contributed by atoms with Crippen molar-refractivity contribution >= 4 is 11.8 Å². The van der Waals surface area contributed by atoms with Crippen molar-refractivity contribution in [3.8, 4) is 17.2 Å². The van der Waals surface area contributed by atoms with Crippen molar-refractivity contribution in [1.29, 1.82) is 0 Å². The van der Waals surface area contributed by atoms with E-state index in [0.717, 1.165) is 6.42 Å². The minimum atomic E-state index is -0.480. The molecule has 0 aromatic heterocycles. The second kappa shape index (κ2) is 9.18. The highest BCUT2D eigenvalue weighted by atomic mass is 16.7.